The number of hydrogen-bond acceptors (Lipinski definition) is 8. The molecule has 1 saturated carbocycles. The number of allylic oxidation sites excluding steroid dienone is 2. The standard InChI is InChI=1S/C40H31Cl2F3N4O6/c1-47(34-28(42)14-16-31(46-34)40(43,44)45)49-35(51)25-13-12-24-26(32(25)37(49)53)19-27-36(52)48(23-10-6-9-22(41)18-23)38(54)39(27,21-7-4-3-5-8-21)33(24)20-11-15-29(50)30(17-20)55-2/h3-12,14-18,25-27,32-33,50H,13,19H2,1-2H3/t25-,26+,27-,32-,33-,39+/m0/s1. The third-order valence-electron chi connectivity index (χ3n) is 11.4. The molecule has 4 amide bonds. The molecule has 6 atom stereocenters. The zero-order valence-corrected chi connectivity index (χ0v) is 30.6. The number of anilines is 2. The van der Waals surface area contributed by atoms with E-state index < -0.39 is 76.3 Å². The van der Waals surface area contributed by atoms with Crippen molar-refractivity contribution in [3.63, 3.8) is 0 Å². The number of hydrogen-bond donors (Lipinski definition) is 1. The molecule has 55 heavy (non-hydrogen) atoms. The largest absolute Gasteiger partial charge is 0.504 e. The van der Waals surface area contributed by atoms with E-state index in [1.165, 1.54) is 26.3 Å². The number of rotatable bonds is 6. The van der Waals surface area contributed by atoms with Gasteiger partial charge in [-0.2, -0.15) is 18.2 Å². The Balaban J connectivity index is 1.31. The lowest BCUT2D eigenvalue weighted by atomic mass is 9.49. The number of carbonyl (C=O) groups is 4. The maximum Gasteiger partial charge on any atom is 0.433 e. The number of hydrazine groups is 1. The highest BCUT2D eigenvalue weighted by Crippen LogP contribution is 2.65. The van der Waals surface area contributed by atoms with E-state index in [4.69, 9.17) is 27.9 Å². The molecule has 0 bridgehead atoms. The molecule has 10 nitrogen and oxygen atoms in total. The van der Waals surface area contributed by atoms with E-state index in [-0.39, 0.29) is 35.1 Å². The monoisotopic (exact) mass is 790 g/mol. The van der Waals surface area contributed by atoms with Crippen LogP contribution in [0.4, 0.5) is 24.7 Å². The Morgan fingerprint density at radius 2 is 1.65 bits per heavy atom. The highest BCUT2D eigenvalue weighted by atomic mass is 35.5. The smallest absolute Gasteiger partial charge is 0.433 e. The summed E-state index contributed by atoms with van der Waals surface area (Å²) in [7, 11) is 2.62. The maximum atomic E-state index is 15.4. The molecule has 282 valence electrons. The van der Waals surface area contributed by atoms with E-state index in [1.807, 2.05) is 6.08 Å². The van der Waals surface area contributed by atoms with Gasteiger partial charge in [-0.1, -0.05) is 77.3 Å². The van der Waals surface area contributed by atoms with Gasteiger partial charge in [0.15, 0.2) is 17.3 Å². The van der Waals surface area contributed by atoms with E-state index in [1.54, 1.807) is 60.7 Å². The van der Waals surface area contributed by atoms with Crippen molar-refractivity contribution >= 4 is 58.3 Å². The number of alkyl halides is 3. The molecule has 8 rings (SSSR count). The first-order valence-corrected chi connectivity index (χ1v) is 18.1. The number of aromatic nitrogens is 1. The topological polar surface area (TPSA) is 120 Å². The first kappa shape index (κ1) is 36.6. The van der Waals surface area contributed by atoms with Crippen molar-refractivity contribution in [3.05, 3.63) is 123 Å². The number of aromatic hydroxyl groups is 1. The molecule has 0 unspecified atom stereocenters. The number of phenols is 1. The van der Waals surface area contributed by atoms with Gasteiger partial charge in [-0.3, -0.25) is 24.2 Å². The average Bonchev–Trinajstić information content (AvgIpc) is 3.55. The lowest BCUT2D eigenvalue weighted by molar-refractivity contribution is -0.141. The van der Waals surface area contributed by atoms with Crippen LogP contribution in [-0.4, -0.2) is 52.9 Å². The fraction of sp³-hybridized carbons (Fsp3) is 0.275. The number of amides is 4. The number of ether oxygens (including phenoxy) is 1. The number of benzene rings is 3. The van der Waals surface area contributed by atoms with Crippen LogP contribution in [-0.2, 0) is 30.8 Å². The summed E-state index contributed by atoms with van der Waals surface area (Å²) in [5.74, 6) is -7.67. The average molecular weight is 792 g/mol. The Bertz CT molecular complexity index is 2320. The van der Waals surface area contributed by atoms with Gasteiger partial charge in [-0.15, -0.1) is 0 Å². The molecular weight excluding hydrogens is 760 g/mol. The van der Waals surface area contributed by atoms with Crippen molar-refractivity contribution in [1.29, 1.82) is 0 Å². The third-order valence-corrected chi connectivity index (χ3v) is 11.9. The van der Waals surface area contributed by atoms with Gasteiger partial charge >= 0.3 is 6.18 Å². The second kappa shape index (κ2) is 13.1. The summed E-state index contributed by atoms with van der Waals surface area (Å²) in [5.41, 5.74) is -0.891. The quantitative estimate of drug-likeness (QED) is 0.159. The summed E-state index contributed by atoms with van der Waals surface area (Å²) in [5, 5.41) is 12.4. The van der Waals surface area contributed by atoms with Crippen LogP contribution in [0.15, 0.2) is 96.6 Å². The Labute approximate surface area is 322 Å². The minimum atomic E-state index is -4.82. The number of halogens is 5. The van der Waals surface area contributed by atoms with Gasteiger partial charge in [0.1, 0.15) is 5.69 Å². The van der Waals surface area contributed by atoms with E-state index >= 15 is 4.79 Å². The number of nitrogens with zero attached hydrogens (tertiary/aromatic N) is 4. The zero-order chi connectivity index (χ0) is 39.1. The normalized spacial score (nSPS) is 26.1. The number of imide groups is 2. The molecule has 3 fully saturated rings. The Morgan fingerprint density at radius 1 is 0.909 bits per heavy atom. The van der Waals surface area contributed by atoms with Crippen LogP contribution in [0.25, 0.3) is 0 Å². The van der Waals surface area contributed by atoms with Crippen LogP contribution in [0, 0.1) is 23.7 Å². The summed E-state index contributed by atoms with van der Waals surface area (Å²) < 4.78 is 46.5. The van der Waals surface area contributed by atoms with Crippen LogP contribution in [0.2, 0.25) is 10.0 Å². The summed E-state index contributed by atoms with van der Waals surface area (Å²) in [4.78, 5) is 63.8. The highest BCUT2D eigenvalue weighted by Gasteiger charge is 2.70. The minimum Gasteiger partial charge on any atom is -0.504 e. The molecule has 2 aliphatic heterocycles. The van der Waals surface area contributed by atoms with Crippen LogP contribution in [0.1, 0.15) is 35.6 Å². The predicted octanol–water partition coefficient (Wildman–Crippen LogP) is 7.34. The number of fused-ring (bicyclic) bond motifs is 4. The Kier molecular flexibility index (Phi) is 8.73. The van der Waals surface area contributed by atoms with Gasteiger partial charge in [-0.25, -0.2) is 9.88 Å². The number of phenolic OH excluding ortho intramolecular Hbond substituents is 1. The summed E-state index contributed by atoms with van der Waals surface area (Å²) in [6.07, 6.45) is -2.96. The molecule has 4 aliphatic rings. The van der Waals surface area contributed by atoms with Crippen molar-refractivity contribution in [2.45, 2.75) is 30.4 Å². The molecule has 3 heterocycles. The van der Waals surface area contributed by atoms with Gasteiger partial charge in [0.25, 0.3) is 11.8 Å². The van der Waals surface area contributed by atoms with Gasteiger partial charge in [0.05, 0.1) is 41.0 Å². The van der Waals surface area contributed by atoms with Crippen molar-refractivity contribution in [2.75, 3.05) is 24.1 Å². The Morgan fingerprint density at radius 3 is 2.35 bits per heavy atom. The van der Waals surface area contributed by atoms with Crippen molar-refractivity contribution in [1.82, 2.24) is 9.99 Å². The number of carbonyl (C=O) groups excluding carboxylic acids is 4. The first-order valence-electron chi connectivity index (χ1n) is 17.3. The molecule has 4 aromatic rings. The maximum absolute atomic E-state index is 15.4. The summed E-state index contributed by atoms with van der Waals surface area (Å²) in [6.45, 7) is 0. The molecule has 1 aromatic heterocycles. The Hall–Kier alpha value is -5.40. The second-order valence-corrected chi connectivity index (χ2v) is 14.9. The number of pyridine rings is 1. The lowest BCUT2D eigenvalue weighted by Crippen LogP contribution is -2.53. The van der Waals surface area contributed by atoms with E-state index in [0.717, 1.165) is 21.0 Å². The van der Waals surface area contributed by atoms with Gasteiger partial charge < -0.3 is 9.84 Å². The van der Waals surface area contributed by atoms with Crippen molar-refractivity contribution < 1.29 is 42.2 Å². The molecule has 2 aliphatic carbocycles. The lowest BCUT2D eigenvalue weighted by Gasteiger charge is -2.50. The summed E-state index contributed by atoms with van der Waals surface area (Å²) in [6, 6.07) is 21.6. The minimum absolute atomic E-state index is 0.0195. The fourth-order valence-electron chi connectivity index (χ4n) is 9.18. The third kappa shape index (κ3) is 5.42. The second-order valence-electron chi connectivity index (χ2n) is 14.0. The fourth-order valence-corrected chi connectivity index (χ4v) is 9.59. The van der Waals surface area contributed by atoms with Crippen molar-refractivity contribution in [3.8, 4) is 11.5 Å². The van der Waals surface area contributed by atoms with Crippen LogP contribution >= 0.6 is 23.2 Å². The van der Waals surface area contributed by atoms with Crippen LogP contribution in [0.5, 0.6) is 11.5 Å². The molecule has 3 aromatic carbocycles. The summed E-state index contributed by atoms with van der Waals surface area (Å²) >= 11 is 12.7. The highest BCUT2D eigenvalue weighted by molar-refractivity contribution is 6.33. The molecule has 1 N–H and O–H groups in total. The van der Waals surface area contributed by atoms with Gasteiger partial charge in [0.2, 0.25) is 11.8 Å². The van der Waals surface area contributed by atoms with Crippen molar-refractivity contribution in [2.24, 2.45) is 23.7 Å². The van der Waals surface area contributed by atoms with Crippen LogP contribution < -0.4 is 14.6 Å². The molecule has 2 saturated heterocycles. The van der Waals surface area contributed by atoms with Crippen LogP contribution in [0.3, 0.4) is 0 Å². The molecule has 0 radical (unpaired) electrons. The van der Waals surface area contributed by atoms with Gasteiger partial charge in [0, 0.05) is 18.0 Å². The molecule has 0 spiro atoms. The van der Waals surface area contributed by atoms with Gasteiger partial charge in [-0.05, 0) is 72.4 Å². The predicted molar refractivity (Wildman–Crippen MR) is 195 cm³/mol. The molecular formula is C40H31Cl2F3N4O6. The van der Waals surface area contributed by atoms with E-state index in [0.29, 0.717) is 27.8 Å². The zero-order valence-electron chi connectivity index (χ0n) is 29.1. The SMILES string of the molecule is COc1cc([C@H]2C3=CC[C@@H]4C(=O)N(N(C)c5nc(C(F)(F)F)ccc5Cl)C(=O)[C@@H]4[C@@H]3C[C@H]3C(=O)N(c4cccc(Cl)c4)C(=O)[C@@]23c2ccccc2)ccc1O. The molecule has 15 heteroatoms. The van der Waals surface area contributed by atoms with E-state index in [9.17, 15) is 32.7 Å². The first-order chi connectivity index (χ1) is 26.2. The van der Waals surface area contributed by atoms with E-state index in [2.05, 4.69) is 4.98 Å². The number of methoxy groups -OCH3 is 1.